The van der Waals surface area contributed by atoms with Gasteiger partial charge in [0.25, 0.3) is 0 Å². The summed E-state index contributed by atoms with van der Waals surface area (Å²) in [6.45, 7) is 0.876. The topological polar surface area (TPSA) is 35.0 Å². The van der Waals surface area contributed by atoms with Crippen LogP contribution in [-0.4, -0.2) is 22.7 Å². The van der Waals surface area contributed by atoms with Gasteiger partial charge in [-0.2, -0.15) is 0 Å². The summed E-state index contributed by atoms with van der Waals surface area (Å²) in [5.74, 6) is 1.45. The summed E-state index contributed by atoms with van der Waals surface area (Å²) in [4.78, 5) is 9.05. The van der Waals surface area contributed by atoms with E-state index in [-0.39, 0.29) is 0 Å². The molecule has 4 heteroatoms. The second kappa shape index (κ2) is 5.54. The summed E-state index contributed by atoms with van der Waals surface area (Å²) >= 11 is 6.12. The van der Waals surface area contributed by atoms with Crippen molar-refractivity contribution in [1.82, 2.24) is 9.97 Å². The van der Waals surface area contributed by atoms with Crippen molar-refractivity contribution >= 4 is 11.6 Å². The molecule has 2 fully saturated rings. The van der Waals surface area contributed by atoms with Crippen LogP contribution in [0.5, 0.6) is 0 Å². The van der Waals surface area contributed by atoms with Gasteiger partial charge < -0.3 is 4.74 Å². The zero-order chi connectivity index (χ0) is 12.4. The van der Waals surface area contributed by atoms with Crippen LogP contribution in [0.2, 0.25) is 5.15 Å². The Labute approximate surface area is 113 Å². The van der Waals surface area contributed by atoms with E-state index in [9.17, 15) is 0 Å². The molecule has 0 aromatic carbocycles. The Morgan fingerprint density at radius 1 is 1.17 bits per heavy atom. The Morgan fingerprint density at radius 3 is 2.72 bits per heavy atom. The lowest BCUT2D eigenvalue weighted by Crippen LogP contribution is -2.13. The molecule has 0 radical (unpaired) electrons. The SMILES string of the molecule is Clc1cc(C2CCCC2)nc(CC2CCCO2)n1. The van der Waals surface area contributed by atoms with Crippen molar-refractivity contribution in [3.05, 3.63) is 22.7 Å². The maximum Gasteiger partial charge on any atom is 0.133 e. The maximum atomic E-state index is 6.12. The molecule has 2 heterocycles. The molecule has 98 valence electrons. The van der Waals surface area contributed by atoms with Crippen molar-refractivity contribution < 1.29 is 4.74 Å². The third-order valence-corrected chi connectivity index (χ3v) is 4.16. The van der Waals surface area contributed by atoms with Crippen LogP contribution < -0.4 is 0 Å². The lowest BCUT2D eigenvalue weighted by atomic mass is 10.0. The van der Waals surface area contributed by atoms with Crippen LogP contribution in [0, 0.1) is 0 Å². The molecule has 0 amide bonds. The molecule has 3 nitrogen and oxygen atoms in total. The van der Waals surface area contributed by atoms with Crippen molar-refractivity contribution in [1.29, 1.82) is 0 Å². The van der Waals surface area contributed by atoms with Gasteiger partial charge in [0.1, 0.15) is 11.0 Å². The van der Waals surface area contributed by atoms with Gasteiger partial charge in [-0.1, -0.05) is 24.4 Å². The highest BCUT2D eigenvalue weighted by Crippen LogP contribution is 2.33. The van der Waals surface area contributed by atoms with Crippen molar-refractivity contribution in [3.63, 3.8) is 0 Å². The van der Waals surface area contributed by atoms with Crippen LogP contribution in [0.4, 0.5) is 0 Å². The number of ether oxygens (including phenoxy) is 1. The summed E-state index contributed by atoms with van der Waals surface area (Å²) in [5.41, 5.74) is 1.14. The average molecular weight is 267 g/mol. The number of hydrogen-bond donors (Lipinski definition) is 0. The van der Waals surface area contributed by atoms with E-state index in [1.165, 1.54) is 25.7 Å². The minimum absolute atomic E-state index is 0.292. The van der Waals surface area contributed by atoms with Crippen LogP contribution in [0.1, 0.15) is 56.0 Å². The van der Waals surface area contributed by atoms with Crippen molar-refractivity contribution in [2.75, 3.05) is 6.61 Å². The first-order valence-corrected chi connectivity index (χ1v) is 7.34. The quantitative estimate of drug-likeness (QED) is 0.786. The molecule has 0 spiro atoms. The fourth-order valence-corrected chi connectivity index (χ4v) is 3.22. The van der Waals surface area contributed by atoms with Crippen molar-refractivity contribution in [2.45, 2.75) is 57.0 Å². The molecular weight excluding hydrogens is 248 g/mol. The van der Waals surface area contributed by atoms with E-state index in [1.807, 2.05) is 6.07 Å². The molecule has 0 N–H and O–H groups in total. The number of hydrogen-bond acceptors (Lipinski definition) is 3. The minimum atomic E-state index is 0.292. The highest BCUT2D eigenvalue weighted by molar-refractivity contribution is 6.29. The molecule has 1 aromatic heterocycles. The van der Waals surface area contributed by atoms with E-state index in [4.69, 9.17) is 21.3 Å². The molecule has 1 aliphatic heterocycles. The number of nitrogens with zero attached hydrogens (tertiary/aromatic N) is 2. The van der Waals surface area contributed by atoms with Crippen LogP contribution in [0.3, 0.4) is 0 Å². The number of halogens is 1. The average Bonchev–Trinajstić information content (AvgIpc) is 3.00. The zero-order valence-corrected chi connectivity index (χ0v) is 11.3. The largest absolute Gasteiger partial charge is 0.378 e. The third kappa shape index (κ3) is 2.83. The molecule has 1 atom stereocenters. The van der Waals surface area contributed by atoms with Crippen LogP contribution in [-0.2, 0) is 11.2 Å². The summed E-state index contributed by atoms with van der Waals surface area (Å²) in [5, 5.41) is 0.583. The molecule has 1 aromatic rings. The van der Waals surface area contributed by atoms with Gasteiger partial charge in [0.15, 0.2) is 0 Å². The Balaban J connectivity index is 1.76. The summed E-state index contributed by atoms with van der Waals surface area (Å²) < 4.78 is 5.64. The third-order valence-electron chi connectivity index (χ3n) is 3.97. The van der Waals surface area contributed by atoms with Crippen LogP contribution in [0.15, 0.2) is 6.07 Å². The molecule has 1 saturated carbocycles. The van der Waals surface area contributed by atoms with Gasteiger partial charge in [-0.15, -0.1) is 0 Å². The summed E-state index contributed by atoms with van der Waals surface area (Å²) in [6, 6.07) is 1.94. The van der Waals surface area contributed by atoms with Crippen molar-refractivity contribution in [2.24, 2.45) is 0 Å². The molecular formula is C14H19ClN2O. The molecule has 1 aliphatic carbocycles. The van der Waals surface area contributed by atoms with Gasteiger partial charge in [0, 0.05) is 24.6 Å². The van der Waals surface area contributed by atoms with E-state index in [2.05, 4.69) is 4.98 Å². The summed E-state index contributed by atoms with van der Waals surface area (Å²) in [7, 11) is 0. The van der Waals surface area contributed by atoms with Crippen LogP contribution >= 0.6 is 11.6 Å². The normalized spacial score (nSPS) is 24.8. The van der Waals surface area contributed by atoms with Gasteiger partial charge in [-0.05, 0) is 31.7 Å². The molecule has 18 heavy (non-hydrogen) atoms. The highest BCUT2D eigenvalue weighted by atomic mass is 35.5. The minimum Gasteiger partial charge on any atom is -0.378 e. The number of rotatable bonds is 3. The van der Waals surface area contributed by atoms with E-state index >= 15 is 0 Å². The Kier molecular flexibility index (Phi) is 3.80. The maximum absolute atomic E-state index is 6.12. The second-order valence-electron chi connectivity index (χ2n) is 5.35. The summed E-state index contributed by atoms with van der Waals surface area (Å²) in [6.07, 6.45) is 8.48. The molecule has 1 unspecified atom stereocenters. The van der Waals surface area contributed by atoms with Crippen molar-refractivity contribution in [3.8, 4) is 0 Å². The van der Waals surface area contributed by atoms with Gasteiger partial charge in [0.2, 0.25) is 0 Å². The fraction of sp³-hybridized carbons (Fsp3) is 0.714. The number of aromatic nitrogens is 2. The predicted octanol–water partition coefficient (Wildman–Crippen LogP) is 3.51. The highest BCUT2D eigenvalue weighted by Gasteiger charge is 2.22. The Hall–Kier alpha value is -0.670. The molecule has 0 bridgehead atoms. The monoisotopic (exact) mass is 266 g/mol. The Bertz CT molecular complexity index is 412. The standard InChI is InChI=1S/C14H19ClN2O/c15-13-9-12(10-4-1-2-5-10)16-14(17-13)8-11-6-3-7-18-11/h9-11H,1-8H2. The first kappa shape index (κ1) is 12.4. The molecule has 3 rings (SSSR count). The smallest absolute Gasteiger partial charge is 0.133 e. The second-order valence-corrected chi connectivity index (χ2v) is 5.74. The Morgan fingerprint density at radius 2 is 2.00 bits per heavy atom. The fourth-order valence-electron chi connectivity index (χ4n) is 3.01. The first-order valence-electron chi connectivity index (χ1n) is 6.96. The van der Waals surface area contributed by atoms with Gasteiger partial charge >= 0.3 is 0 Å². The first-order chi connectivity index (χ1) is 8.81. The van der Waals surface area contributed by atoms with E-state index in [0.29, 0.717) is 17.2 Å². The van der Waals surface area contributed by atoms with E-state index in [1.54, 1.807) is 0 Å². The predicted molar refractivity (Wildman–Crippen MR) is 70.9 cm³/mol. The van der Waals surface area contributed by atoms with E-state index in [0.717, 1.165) is 37.4 Å². The lowest BCUT2D eigenvalue weighted by molar-refractivity contribution is 0.110. The van der Waals surface area contributed by atoms with Crippen LogP contribution in [0.25, 0.3) is 0 Å². The lowest BCUT2D eigenvalue weighted by Gasteiger charge is -2.12. The van der Waals surface area contributed by atoms with Gasteiger partial charge in [-0.3, -0.25) is 0 Å². The van der Waals surface area contributed by atoms with Gasteiger partial charge in [-0.25, -0.2) is 9.97 Å². The van der Waals surface area contributed by atoms with Gasteiger partial charge in [0.05, 0.1) is 6.10 Å². The molecule has 1 saturated heterocycles. The molecule has 2 aliphatic rings. The van der Waals surface area contributed by atoms with E-state index < -0.39 is 0 Å². The zero-order valence-electron chi connectivity index (χ0n) is 10.6.